The van der Waals surface area contributed by atoms with Gasteiger partial charge in [-0.2, -0.15) is 13.2 Å². The smallest absolute Gasteiger partial charge is 0.343 e. The number of nitrogens with one attached hydrogen (secondary N) is 1. The van der Waals surface area contributed by atoms with Crippen LogP contribution in [0.25, 0.3) is 0 Å². The van der Waals surface area contributed by atoms with Gasteiger partial charge in [0.05, 0.1) is 11.5 Å². The Labute approximate surface area is 157 Å². The molecule has 27 heavy (non-hydrogen) atoms. The van der Waals surface area contributed by atoms with Crippen LogP contribution in [0.3, 0.4) is 0 Å². The minimum Gasteiger partial charge on any atom is -0.343 e. The van der Waals surface area contributed by atoms with Crippen LogP contribution in [0.15, 0.2) is 0 Å². The molecular formula is C21H26F3NO2. The second kappa shape index (κ2) is 6.35. The predicted molar refractivity (Wildman–Crippen MR) is 96.8 cm³/mol. The Bertz CT molecular complexity index is 789. The van der Waals surface area contributed by atoms with Crippen molar-refractivity contribution in [2.24, 2.45) is 5.92 Å². The van der Waals surface area contributed by atoms with Gasteiger partial charge in [-0.05, 0) is 93.7 Å². The normalized spacial score (nSPS) is 28.7. The first-order valence-electron chi connectivity index (χ1n) is 9.40. The SMILES string of the molecule is Cc1c(C)c(C)c(C2C(=O)NC3(CCC(C(F)(F)F)CC3)C2=O)c(C)c1C. The van der Waals surface area contributed by atoms with E-state index in [1.807, 2.05) is 34.6 Å². The van der Waals surface area contributed by atoms with E-state index in [9.17, 15) is 22.8 Å². The molecule has 0 aromatic heterocycles. The lowest BCUT2D eigenvalue weighted by molar-refractivity contribution is -0.185. The molecule has 148 valence electrons. The molecule has 3 nitrogen and oxygen atoms in total. The molecule has 1 aliphatic carbocycles. The summed E-state index contributed by atoms with van der Waals surface area (Å²) in [5, 5.41) is 2.79. The van der Waals surface area contributed by atoms with Crippen molar-refractivity contribution in [2.75, 3.05) is 0 Å². The first kappa shape index (κ1) is 19.9. The van der Waals surface area contributed by atoms with E-state index in [0.29, 0.717) is 0 Å². The molecule has 1 unspecified atom stereocenters. The van der Waals surface area contributed by atoms with Crippen molar-refractivity contribution in [2.45, 2.75) is 77.9 Å². The van der Waals surface area contributed by atoms with Crippen molar-refractivity contribution in [1.82, 2.24) is 5.32 Å². The molecule has 0 radical (unpaired) electrons. The molecule has 1 aromatic rings. The average Bonchev–Trinajstić information content (AvgIpc) is 2.82. The third kappa shape index (κ3) is 2.97. The summed E-state index contributed by atoms with van der Waals surface area (Å²) in [6.07, 6.45) is -4.37. The highest BCUT2D eigenvalue weighted by molar-refractivity contribution is 6.17. The molecule has 3 rings (SSSR count). The largest absolute Gasteiger partial charge is 0.391 e. The van der Waals surface area contributed by atoms with Gasteiger partial charge in [-0.25, -0.2) is 0 Å². The van der Waals surface area contributed by atoms with Crippen LogP contribution >= 0.6 is 0 Å². The monoisotopic (exact) mass is 381 g/mol. The van der Waals surface area contributed by atoms with Gasteiger partial charge in [0, 0.05) is 0 Å². The van der Waals surface area contributed by atoms with Gasteiger partial charge >= 0.3 is 6.18 Å². The van der Waals surface area contributed by atoms with Crippen LogP contribution in [-0.4, -0.2) is 23.4 Å². The van der Waals surface area contributed by atoms with Gasteiger partial charge in [0.2, 0.25) is 5.91 Å². The van der Waals surface area contributed by atoms with Crippen LogP contribution in [0.2, 0.25) is 0 Å². The van der Waals surface area contributed by atoms with Gasteiger partial charge in [0.1, 0.15) is 5.92 Å². The standard InChI is InChI=1S/C21H26F3NO2/c1-10-11(2)13(4)16(14(5)12(10)3)17-18(26)20(25-19(17)27)8-6-15(7-9-20)21(22,23)24/h15,17H,6-9H2,1-5H3,(H,25,27). The van der Waals surface area contributed by atoms with E-state index in [4.69, 9.17) is 0 Å². The molecule has 1 saturated heterocycles. The number of carbonyl (C=O) groups excluding carboxylic acids is 2. The molecule has 1 aromatic carbocycles. The molecule has 1 amide bonds. The van der Waals surface area contributed by atoms with Crippen molar-refractivity contribution in [1.29, 1.82) is 0 Å². The Morgan fingerprint density at radius 1 is 0.852 bits per heavy atom. The van der Waals surface area contributed by atoms with E-state index < -0.39 is 23.6 Å². The fourth-order valence-electron chi connectivity index (χ4n) is 4.80. The molecule has 0 bridgehead atoms. The first-order chi connectivity index (χ1) is 12.4. The van der Waals surface area contributed by atoms with Crippen LogP contribution in [-0.2, 0) is 9.59 Å². The van der Waals surface area contributed by atoms with Gasteiger partial charge in [0.25, 0.3) is 0 Å². The van der Waals surface area contributed by atoms with Gasteiger partial charge in [-0.3, -0.25) is 9.59 Å². The van der Waals surface area contributed by atoms with Crippen molar-refractivity contribution < 1.29 is 22.8 Å². The predicted octanol–water partition coefficient (Wildman–Crippen LogP) is 4.50. The summed E-state index contributed by atoms with van der Waals surface area (Å²) in [5.74, 6) is -2.95. The highest BCUT2D eigenvalue weighted by Crippen LogP contribution is 2.46. The Kier molecular flexibility index (Phi) is 4.68. The van der Waals surface area contributed by atoms with E-state index >= 15 is 0 Å². The third-order valence-electron chi connectivity index (χ3n) is 7.01. The fraction of sp³-hybridized carbons (Fsp3) is 0.619. The van der Waals surface area contributed by atoms with Crippen LogP contribution < -0.4 is 5.32 Å². The number of benzene rings is 1. The summed E-state index contributed by atoms with van der Waals surface area (Å²) >= 11 is 0. The quantitative estimate of drug-likeness (QED) is 0.728. The number of hydrogen-bond acceptors (Lipinski definition) is 2. The number of rotatable bonds is 1. The average molecular weight is 381 g/mol. The summed E-state index contributed by atoms with van der Waals surface area (Å²) < 4.78 is 39.0. The van der Waals surface area contributed by atoms with Gasteiger partial charge < -0.3 is 5.32 Å². The second-order valence-corrected chi connectivity index (χ2v) is 8.22. The van der Waals surface area contributed by atoms with Crippen LogP contribution in [0.5, 0.6) is 0 Å². The number of halogens is 3. The molecule has 2 fully saturated rings. The number of amides is 1. The summed E-state index contributed by atoms with van der Waals surface area (Å²) in [5.41, 5.74) is 4.67. The third-order valence-corrected chi connectivity index (χ3v) is 7.01. The Balaban J connectivity index is 1.98. The molecule has 1 heterocycles. The maximum atomic E-state index is 13.3. The number of hydrogen-bond donors (Lipinski definition) is 1. The van der Waals surface area contributed by atoms with Gasteiger partial charge in [0.15, 0.2) is 5.78 Å². The number of carbonyl (C=O) groups is 2. The van der Waals surface area contributed by atoms with Crippen LogP contribution in [0, 0.1) is 40.5 Å². The minimum atomic E-state index is -4.25. The summed E-state index contributed by atoms with van der Waals surface area (Å²) in [6, 6.07) is 0. The molecule has 1 N–H and O–H groups in total. The number of alkyl halides is 3. The Morgan fingerprint density at radius 2 is 1.30 bits per heavy atom. The molecular weight excluding hydrogens is 355 g/mol. The molecule has 1 aliphatic heterocycles. The van der Waals surface area contributed by atoms with Crippen molar-refractivity contribution >= 4 is 11.7 Å². The molecule has 1 atom stereocenters. The van der Waals surface area contributed by atoms with Gasteiger partial charge in [-0.15, -0.1) is 0 Å². The van der Waals surface area contributed by atoms with E-state index in [1.165, 1.54) is 0 Å². The topological polar surface area (TPSA) is 46.2 Å². The Morgan fingerprint density at radius 3 is 1.74 bits per heavy atom. The molecule has 2 aliphatic rings. The minimum absolute atomic E-state index is 0.0557. The molecule has 1 saturated carbocycles. The van der Waals surface area contributed by atoms with Crippen molar-refractivity contribution in [3.05, 3.63) is 33.4 Å². The lowest BCUT2D eigenvalue weighted by Crippen LogP contribution is -2.50. The number of Topliss-reactive ketones (excluding diaryl/α,β-unsaturated/α-hetero) is 1. The summed E-state index contributed by atoms with van der Waals surface area (Å²) in [6.45, 7) is 9.79. The number of ketones is 1. The van der Waals surface area contributed by atoms with E-state index in [1.54, 1.807) is 0 Å². The highest BCUT2D eigenvalue weighted by Gasteiger charge is 2.57. The zero-order valence-electron chi connectivity index (χ0n) is 16.4. The van der Waals surface area contributed by atoms with Crippen LogP contribution in [0.1, 0.15) is 65.0 Å². The van der Waals surface area contributed by atoms with E-state index in [0.717, 1.165) is 33.4 Å². The van der Waals surface area contributed by atoms with Crippen molar-refractivity contribution in [3.8, 4) is 0 Å². The summed E-state index contributed by atoms with van der Waals surface area (Å²) in [4.78, 5) is 26.1. The molecule has 6 heteroatoms. The lowest BCUT2D eigenvalue weighted by Gasteiger charge is -2.36. The zero-order chi connectivity index (χ0) is 20.3. The first-order valence-corrected chi connectivity index (χ1v) is 9.40. The van der Waals surface area contributed by atoms with Gasteiger partial charge in [-0.1, -0.05) is 0 Å². The van der Waals surface area contributed by atoms with E-state index in [2.05, 4.69) is 5.32 Å². The highest BCUT2D eigenvalue weighted by atomic mass is 19.4. The molecule has 1 spiro atoms. The summed E-state index contributed by atoms with van der Waals surface area (Å²) in [7, 11) is 0. The maximum absolute atomic E-state index is 13.3. The fourth-order valence-corrected chi connectivity index (χ4v) is 4.80. The van der Waals surface area contributed by atoms with Crippen molar-refractivity contribution in [3.63, 3.8) is 0 Å². The van der Waals surface area contributed by atoms with E-state index in [-0.39, 0.29) is 37.4 Å². The maximum Gasteiger partial charge on any atom is 0.391 e. The Hall–Kier alpha value is -1.85. The second-order valence-electron chi connectivity index (χ2n) is 8.22. The lowest BCUT2D eigenvalue weighted by atomic mass is 9.72. The zero-order valence-corrected chi connectivity index (χ0v) is 16.4. The van der Waals surface area contributed by atoms with Crippen LogP contribution in [0.4, 0.5) is 13.2 Å².